The average Bonchev–Trinajstić information content (AvgIpc) is 3.31. The molecule has 0 aliphatic carbocycles. The van der Waals surface area contributed by atoms with Gasteiger partial charge in [0.05, 0.1) is 17.3 Å². The second kappa shape index (κ2) is 6.33. The maximum absolute atomic E-state index is 10.6. The number of aromatic nitrogens is 2. The third-order valence-corrected chi connectivity index (χ3v) is 7.82. The number of nitrogens with zero attached hydrogens (tertiary/aromatic N) is 3. The van der Waals surface area contributed by atoms with Gasteiger partial charge in [-0.15, -0.1) is 0 Å². The van der Waals surface area contributed by atoms with Crippen molar-refractivity contribution in [2.75, 3.05) is 13.1 Å². The lowest BCUT2D eigenvalue weighted by Gasteiger charge is -2.53. The molecule has 162 valence electrons. The van der Waals surface area contributed by atoms with E-state index in [0.717, 1.165) is 30.8 Å². The molecule has 3 aliphatic rings. The molecule has 0 saturated carbocycles. The molecule has 1 saturated heterocycles. The van der Waals surface area contributed by atoms with Crippen LogP contribution in [-0.4, -0.2) is 32.6 Å². The van der Waals surface area contributed by atoms with Crippen molar-refractivity contribution in [3.05, 3.63) is 58.9 Å². The summed E-state index contributed by atoms with van der Waals surface area (Å²) in [7, 11) is 0. The monoisotopic (exact) mass is 417 g/mol. The van der Waals surface area contributed by atoms with E-state index in [1.807, 2.05) is 6.92 Å². The lowest BCUT2D eigenvalue weighted by atomic mass is 9.66. The standard InChI is InChI=1S/C26H31N3O2/c1-5-26-12-8-13-28-14-11-18-17-9-6-7-10-19(17)29(21(18)22(26)28)20(15-26)24-27-16(2)23(31-24)25(3,4)30/h6-7,9-10,15,22,30H,5,8,11-14H2,1-4H3/t22-,26+/m1/s1. The highest BCUT2D eigenvalue weighted by atomic mass is 16.4. The highest BCUT2D eigenvalue weighted by Gasteiger charge is 2.51. The van der Waals surface area contributed by atoms with Crippen molar-refractivity contribution in [1.82, 2.24) is 14.5 Å². The number of hydrogen-bond donors (Lipinski definition) is 1. The molecule has 5 heteroatoms. The summed E-state index contributed by atoms with van der Waals surface area (Å²) in [5, 5.41) is 12.0. The minimum atomic E-state index is -1.06. The minimum Gasteiger partial charge on any atom is -0.437 e. The molecular formula is C26H31N3O2. The van der Waals surface area contributed by atoms with Crippen LogP contribution in [0.1, 0.15) is 74.7 Å². The summed E-state index contributed by atoms with van der Waals surface area (Å²) >= 11 is 0. The Morgan fingerprint density at radius 1 is 1.26 bits per heavy atom. The third-order valence-electron chi connectivity index (χ3n) is 7.82. The van der Waals surface area contributed by atoms with E-state index in [2.05, 4.69) is 46.7 Å². The maximum Gasteiger partial charge on any atom is 0.243 e. The van der Waals surface area contributed by atoms with E-state index in [1.165, 1.54) is 41.5 Å². The molecule has 3 aromatic rings. The second-order valence-electron chi connectivity index (χ2n) is 10.1. The molecule has 5 nitrogen and oxygen atoms in total. The number of hydrogen-bond acceptors (Lipinski definition) is 4. The van der Waals surface area contributed by atoms with Crippen LogP contribution in [0, 0.1) is 12.3 Å². The molecule has 31 heavy (non-hydrogen) atoms. The first-order valence-electron chi connectivity index (χ1n) is 11.6. The van der Waals surface area contributed by atoms with Crippen LogP contribution in [-0.2, 0) is 12.0 Å². The van der Waals surface area contributed by atoms with Gasteiger partial charge in [0.25, 0.3) is 0 Å². The van der Waals surface area contributed by atoms with Crippen LogP contribution in [0.25, 0.3) is 16.6 Å². The van der Waals surface area contributed by atoms with Crippen LogP contribution in [0.2, 0.25) is 0 Å². The first-order chi connectivity index (χ1) is 14.8. The molecule has 3 aliphatic heterocycles. The smallest absolute Gasteiger partial charge is 0.243 e. The average molecular weight is 418 g/mol. The van der Waals surface area contributed by atoms with E-state index in [4.69, 9.17) is 9.40 Å². The Hall–Kier alpha value is -2.37. The first kappa shape index (κ1) is 19.3. The van der Waals surface area contributed by atoms with Gasteiger partial charge in [-0.25, -0.2) is 4.98 Å². The van der Waals surface area contributed by atoms with Gasteiger partial charge in [0.2, 0.25) is 5.89 Å². The summed E-state index contributed by atoms with van der Waals surface area (Å²) in [6.07, 6.45) is 7.05. The number of rotatable bonds is 3. The largest absolute Gasteiger partial charge is 0.437 e. The zero-order valence-electron chi connectivity index (χ0n) is 18.9. The van der Waals surface area contributed by atoms with Crippen LogP contribution < -0.4 is 0 Å². The van der Waals surface area contributed by atoms with Crippen molar-refractivity contribution < 1.29 is 9.52 Å². The predicted octanol–water partition coefficient (Wildman–Crippen LogP) is 5.16. The SMILES string of the molecule is CC[C@@]12C=C(c3nc(C)c(C(C)(C)O)o3)n3c4c(c5ccccc53)CCN(CCC1)[C@H]42. The van der Waals surface area contributed by atoms with E-state index in [9.17, 15) is 5.11 Å². The number of para-hydroxylation sites is 1. The van der Waals surface area contributed by atoms with Crippen molar-refractivity contribution in [3.63, 3.8) is 0 Å². The molecule has 2 aromatic heterocycles. The fraction of sp³-hybridized carbons (Fsp3) is 0.500. The first-order valence-corrected chi connectivity index (χ1v) is 11.6. The Morgan fingerprint density at radius 3 is 2.81 bits per heavy atom. The topological polar surface area (TPSA) is 54.4 Å². The van der Waals surface area contributed by atoms with Gasteiger partial charge >= 0.3 is 0 Å². The highest BCUT2D eigenvalue weighted by Crippen LogP contribution is 2.57. The maximum atomic E-state index is 10.6. The van der Waals surface area contributed by atoms with E-state index < -0.39 is 5.60 Å². The summed E-state index contributed by atoms with van der Waals surface area (Å²) in [5.41, 5.74) is 4.99. The van der Waals surface area contributed by atoms with Crippen LogP contribution in [0.15, 0.2) is 34.8 Å². The van der Waals surface area contributed by atoms with Crippen LogP contribution in [0.3, 0.4) is 0 Å². The van der Waals surface area contributed by atoms with Crippen molar-refractivity contribution in [2.24, 2.45) is 5.41 Å². The van der Waals surface area contributed by atoms with Gasteiger partial charge in [0, 0.05) is 23.0 Å². The Morgan fingerprint density at radius 2 is 2.06 bits per heavy atom. The number of aliphatic hydroxyl groups is 1. The zero-order chi connectivity index (χ0) is 21.5. The van der Waals surface area contributed by atoms with Gasteiger partial charge in [-0.2, -0.15) is 0 Å². The zero-order valence-corrected chi connectivity index (χ0v) is 18.9. The van der Waals surface area contributed by atoms with E-state index in [-0.39, 0.29) is 5.41 Å². The lowest BCUT2D eigenvalue weighted by molar-refractivity contribution is 0.0268. The van der Waals surface area contributed by atoms with Gasteiger partial charge < -0.3 is 14.1 Å². The molecule has 0 amide bonds. The molecule has 0 radical (unpaired) electrons. The van der Waals surface area contributed by atoms with Crippen LogP contribution in [0.4, 0.5) is 0 Å². The normalized spacial score (nSPS) is 25.6. The molecule has 1 aromatic carbocycles. The van der Waals surface area contributed by atoms with Crippen LogP contribution >= 0.6 is 0 Å². The molecule has 6 rings (SSSR count). The van der Waals surface area contributed by atoms with Crippen molar-refractivity contribution in [3.8, 4) is 0 Å². The Bertz CT molecular complexity index is 1230. The molecular weight excluding hydrogens is 386 g/mol. The number of benzene rings is 1. The fourth-order valence-electron chi connectivity index (χ4n) is 6.51. The minimum absolute atomic E-state index is 0.0877. The van der Waals surface area contributed by atoms with Gasteiger partial charge in [-0.05, 0) is 70.7 Å². The summed E-state index contributed by atoms with van der Waals surface area (Å²) in [6.45, 7) is 10.1. The fourth-order valence-corrected chi connectivity index (χ4v) is 6.51. The summed E-state index contributed by atoms with van der Waals surface area (Å²) in [6, 6.07) is 9.17. The lowest BCUT2D eigenvalue weighted by Crippen LogP contribution is -2.50. The Labute approximate surface area is 183 Å². The van der Waals surface area contributed by atoms with Gasteiger partial charge in [0.15, 0.2) is 5.76 Å². The number of fused-ring (bicyclic) bond motifs is 3. The summed E-state index contributed by atoms with van der Waals surface area (Å²) < 4.78 is 8.70. The highest BCUT2D eigenvalue weighted by molar-refractivity contribution is 5.91. The van der Waals surface area contributed by atoms with Crippen molar-refractivity contribution in [2.45, 2.75) is 65.0 Å². The van der Waals surface area contributed by atoms with Gasteiger partial charge in [-0.3, -0.25) is 4.90 Å². The molecule has 0 bridgehead atoms. The third kappa shape index (κ3) is 2.53. The number of piperidine rings is 1. The summed E-state index contributed by atoms with van der Waals surface area (Å²) in [4.78, 5) is 7.54. The van der Waals surface area contributed by atoms with Gasteiger partial charge in [0.1, 0.15) is 11.3 Å². The molecule has 1 N–H and O–H groups in total. The summed E-state index contributed by atoms with van der Waals surface area (Å²) in [5.74, 6) is 1.17. The molecule has 0 spiro atoms. The number of oxazole rings is 1. The number of aryl methyl sites for hydroxylation is 1. The predicted molar refractivity (Wildman–Crippen MR) is 122 cm³/mol. The molecule has 1 fully saturated rings. The Kier molecular flexibility index (Phi) is 3.95. The van der Waals surface area contributed by atoms with E-state index >= 15 is 0 Å². The van der Waals surface area contributed by atoms with Crippen LogP contribution in [0.5, 0.6) is 0 Å². The quantitative estimate of drug-likeness (QED) is 0.640. The van der Waals surface area contributed by atoms with E-state index in [0.29, 0.717) is 17.7 Å². The van der Waals surface area contributed by atoms with Gasteiger partial charge in [-0.1, -0.05) is 25.1 Å². The molecule has 5 heterocycles. The molecule has 0 unspecified atom stereocenters. The van der Waals surface area contributed by atoms with E-state index in [1.54, 1.807) is 13.8 Å². The Balaban J connectivity index is 1.68. The van der Waals surface area contributed by atoms with Crippen molar-refractivity contribution in [1.29, 1.82) is 0 Å². The van der Waals surface area contributed by atoms with Crippen molar-refractivity contribution >= 4 is 16.6 Å². The molecule has 2 atom stereocenters. The second-order valence-corrected chi connectivity index (χ2v) is 10.1.